The number of likely N-dealkylation sites (tertiary alicyclic amines) is 2. The summed E-state index contributed by atoms with van der Waals surface area (Å²) in [6, 6.07) is 0. The lowest BCUT2D eigenvalue weighted by Gasteiger charge is -2.30. The van der Waals surface area contributed by atoms with E-state index in [9.17, 15) is 14.4 Å². The van der Waals surface area contributed by atoms with Crippen LogP contribution in [0, 0.1) is 5.41 Å². The standard InChI is InChI=1S/C17H28N2O3/c1-3-17(4-2)9-5-11-18(13-10-17)14(20)8-12-19-15(21)6-7-16(19)22/h3-13H2,1-2H3. The van der Waals surface area contributed by atoms with Gasteiger partial charge in [0.1, 0.15) is 0 Å². The van der Waals surface area contributed by atoms with Gasteiger partial charge < -0.3 is 4.90 Å². The number of hydrogen-bond acceptors (Lipinski definition) is 3. The number of carbonyl (C=O) groups excluding carboxylic acids is 3. The molecule has 0 N–H and O–H groups in total. The SMILES string of the molecule is CCC1(CC)CCCN(C(=O)CCN2C(=O)CCC2=O)CC1. The van der Waals surface area contributed by atoms with Crippen molar-refractivity contribution >= 4 is 17.7 Å². The fourth-order valence-electron chi connectivity index (χ4n) is 3.70. The van der Waals surface area contributed by atoms with Crippen molar-refractivity contribution in [1.29, 1.82) is 0 Å². The summed E-state index contributed by atoms with van der Waals surface area (Å²) >= 11 is 0. The molecule has 2 heterocycles. The Morgan fingerprint density at radius 3 is 2.27 bits per heavy atom. The van der Waals surface area contributed by atoms with Crippen LogP contribution in [0.5, 0.6) is 0 Å². The molecular formula is C17H28N2O3. The number of hydrogen-bond donors (Lipinski definition) is 0. The van der Waals surface area contributed by atoms with E-state index in [4.69, 9.17) is 0 Å². The van der Waals surface area contributed by atoms with Crippen LogP contribution in [0.4, 0.5) is 0 Å². The van der Waals surface area contributed by atoms with E-state index in [1.54, 1.807) is 0 Å². The topological polar surface area (TPSA) is 57.7 Å². The molecule has 22 heavy (non-hydrogen) atoms. The summed E-state index contributed by atoms with van der Waals surface area (Å²) in [5.74, 6) is -0.190. The first-order valence-corrected chi connectivity index (χ1v) is 8.62. The van der Waals surface area contributed by atoms with Crippen LogP contribution in [0.2, 0.25) is 0 Å². The van der Waals surface area contributed by atoms with Gasteiger partial charge in [-0.3, -0.25) is 19.3 Å². The second-order valence-corrected chi connectivity index (χ2v) is 6.63. The van der Waals surface area contributed by atoms with Crippen molar-refractivity contribution < 1.29 is 14.4 Å². The van der Waals surface area contributed by atoms with Gasteiger partial charge in [0, 0.05) is 38.9 Å². The van der Waals surface area contributed by atoms with Gasteiger partial charge in [0.2, 0.25) is 17.7 Å². The summed E-state index contributed by atoms with van der Waals surface area (Å²) in [5.41, 5.74) is 0.385. The quantitative estimate of drug-likeness (QED) is 0.733. The Hall–Kier alpha value is -1.39. The van der Waals surface area contributed by atoms with Crippen molar-refractivity contribution in [3.63, 3.8) is 0 Å². The van der Waals surface area contributed by atoms with Crippen LogP contribution < -0.4 is 0 Å². The summed E-state index contributed by atoms with van der Waals surface area (Å²) in [6.07, 6.45) is 6.50. The lowest BCUT2D eigenvalue weighted by atomic mass is 9.76. The normalized spacial score (nSPS) is 22.1. The Labute approximate surface area is 133 Å². The third-order valence-electron chi connectivity index (χ3n) is 5.60. The molecule has 0 bridgehead atoms. The van der Waals surface area contributed by atoms with E-state index in [1.807, 2.05) is 4.90 Å². The predicted octanol–water partition coefficient (Wildman–Crippen LogP) is 2.34. The molecule has 0 aromatic carbocycles. The first-order chi connectivity index (χ1) is 10.5. The maximum atomic E-state index is 12.4. The third kappa shape index (κ3) is 3.68. The minimum Gasteiger partial charge on any atom is -0.343 e. The van der Waals surface area contributed by atoms with Crippen LogP contribution in [0.3, 0.4) is 0 Å². The highest BCUT2D eigenvalue weighted by atomic mass is 16.2. The van der Waals surface area contributed by atoms with Crippen LogP contribution >= 0.6 is 0 Å². The minimum absolute atomic E-state index is 0.0792. The summed E-state index contributed by atoms with van der Waals surface area (Å²) < 4.78 is 0. The minimum atomic E-state index is -0.135. The molecule has 0 unspecified atom stereocenters. The number of imide groups is 1. The van der Waals surface area contributed by atoms with E-state index in [0.717, 1.165) is 25.9 Å². The second-order valence-electron chi connectivity index (χ2n) is 6.63. The molecule has 124 valence electrons. The van der Waals surface area contributed by atoms with E-state index in [2.05, 4.69) is 13.8 Å². The summed E-state index contributed by atoms with van der Waals surface area (Å²) in [4.78, 5) is 38.7. The van der Waals surface area contributed by atoms with Crippen LogP contribution in [0.15, 0.2) is 0 Å². The zero-order chi connectivity index (χ0) is 16.2. The van der Waals surface area contributed by atoms with Gasteiger partial charge in [-0.25, -0.2) is 0 Å². The Kier molecular flexibility index (Phi) is 5.59. The lowest BCUT2D eigenvalue weighted by molar-refractivity contribution is -0.139. The summed E-state index contributed by atoms with van der Waals surface area (Å²) in [7, 11) is 0. The third-order valence-corrected chi connectivity index (χ3v) is 5.60. The van der Waals surface area contributed by atoms with Gasteiger partial charge in [-0.1, -0.05) is 26.7 Å². The maximum Gasteiger partial charge on any atom is 0.229 e. The zero-order valence-electron chi connectivity index (χ0n) is 13.9. The van der Waals surface area contributed by atoms with Crippen molar-refractivity contribution in [1.82, 2.24) is 9.80 Å². The Balaban J connectivity index is 1.85. The van der Waals surface area contributed by atoms with Crippen LogP contribution in [0.1, 0.15) is 65.2 Å². The Morgan fingerprint density at radius 1 is 1.05 bits per heavy atom. The molecule has 2 fully saturated rings. The van der Waals surface area contributed by atoms with Gasteiger partial charge in [-0.05, 0) is 24.7 Å². The molecule has 0 saturated carbocycles. The highest BCUT2D eigenvalue weighted by Gasteiger charge is 2.32. The zero-order valence-corrected chi connectivity index (χ0v) is 13.9. The van der Waals surface area contributed by atoms with E-state index in [1.165, 1.54) is 24.2 Å². The molecule has 0 aromatic heterocycles. The van der Waals surface area contributed by atoms with Crippen molar-refractivity contribution in [3.05, 3.63) is 0 Å². The van der Waals surface area contributed by atoms with Crippen LogP contribution in [-0.4, -0.2) is 47.2 Å². The molecular weight excluding hydrogens is 280 g/mol. The predicted molar refractivity (Wildman–Crippen MR) is 84.0 cm³/mol. The highest BCUT2D eigenvalue weighted by Crippen LogP contribution is 2.37. The van der Waals surface area contributed by atoms with Gasteiger partial charge in [0.05, 0.1) is 0 Å². The van der Waals surface area contributed by atoms with E-state index in [0.29, 0.717) is 18.3 Å². The van der Waals surface area contributed by atoms with Gasteiger partial charge >= 0.3 is 0 Å². The van der Waals surface area contributed by atoms with Crippen molar-refractivity contribution in [2.75, 3.05) is 19.6 Å². The second kappa shape index (κ2) is 7.25. The molecule has 5 nitrogen and oxygen atoms in total. The lowest BCUT2D eigenvalue weighted by Crippen LogP contribution is -2.37. The van der Waals surface area contributed by atoms with E-state index >= 15 is 0 Å². The molecule has 5 heteroatoms. The van der Waals surface area contributed by atoms with E-state index in [-0.39, 0.29) is 30.7 Å². The van der Waals surface area contributed by atoms with Crippen molar-refractivity contribution in [2.24, 2.45) is 5.41 Å². The molecule has 3 amide bonds. The highest BCUT2D eigenvalue weighted by molar-refractivity contribution is 6.02. The van der Waals surface area contributed by atoms with Crippen LogP contribution in [-0.2, 0) is 14.4 Å². The Morgan fingerprint density at radius 2 is 1.68 bits per heavy atom. The first kappa shape index (κ1) is 17.0. The van der Waals surface area contributed by atoms with Crippen molar-refractivity contribution in [2.45, 2.75) is 65.2 Å². The smallest absolute Gasteiger partial charge is 0.229 e. The Bertz CT molecular complexity index is 427. The summed E-state index contributed by atoms with van der Waals surface area (Å²) in [5, 5.41) is 0. The number of rotatable bonds is 5. The monoisotopic (exact) mass is 308 g/mol. The molecule has 0 spiro atoms. The van der Waals surface area contributed by atoms with Gasteiger partial charge in [-0.2, -0.15) is 0 Å². The van der Waals surface area contributed by atoms with E-state index < -0.39 is 0 Å². The fraction of sp³-hybridized carbons (Fsp3) is 0.824. The van der Waals surface area contributed by atoms with Gasteiger partial charge in [-0.15, -0.1) is 0 Å². The average Bonchev–Trinajstić information content (AvgIpc) is 2.74. The molecule has 2 aliphatic heterocycles. The first-order valence-electron chi connectivity index (χ1n) is 8.62. The molecule has 0 radical (unpaired) electrons. The van der Waals surface area contributed by atoms with Gasteiger partial charge in [0.25, 0.3) is 0 Å². The van der Waals surface area contributed by atoms with Crippen molar-refractivity contribution in [3.8, 4) is 0 Å². The fourth-order valence-corrected chi connectivity index (χ4v) is 3.70. The molecule has 2 saturated heterocycles. The molecule has 2 aliphatic rings. The molecule has 0 aromatic rings. The average molecular weight is 308 g/mol. The maximum absolute atomic E-state index is 12.4. The van der Waals surface area contributed by atoms with Gasteiger partial charge in [0.15, 0.2) is 0 Å². The number of nitrogens with zero attached hydrogens (tertiary/aromatic N) is 2. The summed E-state index contributed by atoms with van der Waals surface area (Å²) in [6.45, 7) is 6.35. The largest absolute Gasteiger partial charge is 0.343 e. The molecule has 0 aliphatic carbocycles. The van der Waals surface area contributed by atoms with Crippen LogP contribution in [0.25, 0.3) is 0 Å². The molecule has 2 rings (SSSR count). The number of amides is 3. The molecule has 0 atom stereocenters. The number of carbonyl (C=O) groups is 3.